The van der Waals surface area contributed by atoms with Gasteiger partial charge in [-0.2, -0.15) is 0 Å². The molecule has 90 valence electrons. The van der Waals surface area contributed by atoms with E-state index in [1.54, 1.807) is 18.2 Å². The summed E-state index contributed by atoms with van der Waals surface area (Å²) < 4.78 is 23.5. The molecule has 17 heavy (non-hydrogen) atoms. The van der Waals surface area contributed by atoms with Crippen LogP contribution in [0.3, 0.4) is 0 Å². The lowest BCUT2D eigenvalue weighted by molar-refractivity contribution is 0.166. The topological polar surface area (TPSA) is 54.4 Å². The largest absolute Gasteiger partial charge is 0.390 e. The number of aliphatic hydroxyl groups excluding tert-OH is 1. The van der Waals surface area contributed by atoms with Crippen molar-refractivity contribution < 1.29 is 13.5 Å². The first-order valence-corrected chi connectivity index (χ1v) is 6.98. The van der Waals surface area contributed by atoms with Gasteiger partial charge in [-0.3, -0.25) is 0 Å². The predicted molar refractivity (Wildman–Crippen MR) is 65.0 cm³/mol. The summed E-state index contributed by atoms with van der Waals surface area (Å²) in [5.74, 6) is 2.33. The van der Waals surface area contributed by atoms with E-state index >= 15 is 0 Å². The Kier molecular flexibility index (Phi) is 2.98. The monoisotopic (exact) mass is 250 g/mol. The Morgan fingerprint density at radius 3 is 2.47 bits per heavy atom. The van der Waals surface area contributed by atoms with E-state index in [2.05, 4.69) is 5.92 Å². The second kappa shape index (κ2) is 4.17. The summed E-state index contributed by atoms with van der Waals surface area (Å²) in [4.78, 5) is 0.180. The number of sulfone groups is 1. The van der Waals surface area contributed by atoms with Gasteiger partial charge in [-0.15, -0.1) is 6.42 Å². The molecule has 1 N–H and O–H groups in total. The van der Waals surface area contributed by atoms with Crippen LogP contribution in [0.25, 0.3) is 0 Å². The molecular formula is C13H14O3S. The minimum absolute atomic E-state index is 0.180. The van der Waals surface area contributed by atoms with E-state index in [-0.39, 0.29) is 4.90 Å². The Balaban J connectivity index is 2.57. The lowest BCUT2D eigenvalue weighted by Gasteiger charge is -2.26. The predicted octanol–water partition coefficient (Wildman–Crippen LogP) is 1.38. The normalized spacial score (nSPS) is 28.8. The fourth-order valence-corrected chi connectivity index (χ4v) is 4.31. The van der Waals surface area contributed by atoms with Crippen LogP contribution < -0.4 is 0 Å². The van der Waals surface area contributed by atoms with E-state index in [0.717, 1.165) is 0 Å². The zero-order valence-electron chi connectivity index (χ0n) is 9.33. The maximum atomic E-state index is 12.5. The molecular weight excluding hydrogens is 236 g/mol. The molecule has 0 radical (unpaired) electrons. The first-order valence-electron chi connectivity index (χ1n) is 5.50. The van der Waals surface area contributed by atoms with Crippen molar-refractivity contribution in [1.29, 1.82) is 0 Å². The molecule has 3 nitrogen and oxygen atoms in total. The third kappa shape index (κ3) is 1.67. The fourth-order valence-electron chi connectivity index (χ4n) is 2.33. The summed E-state index contributed by atoms with van der Waals surface area (Å²) in [5, 5.41) is 9.91. The van der Waals surface area contributed by atoms with Crippen molar-refractivity contribution in [2.24, 2.45) is 0 Å². The van der Waals surface area contributed by atoms with Crippen LogP contribution in [0.15, 0.2) is 35.2 Å². The highest BCUT2D eigenvalue weighted by atomic mass is 32.2. The van der Waals surface area contributed by atoms with Gasteiger partial charge in [0.05, 0.1) is 11.0 Å². The van der Waals surface area contributed by atoms with Gasteiger partial charge in [0.25, 0.3) is 0 Å². The van der Waals surface area contributed by atoms with Gasteiger partial charge in [-0.25, -0.2) is 8.42 Å². The first-order chi connectivity index (χ1) is 8.04. The molecule has 0 spiro atoms. The molecule has 0 saturated heterocycles. The van der Waals surface area contributed by atoms with Gasteiger partial charge in [0.1, 0.15) is 0 Å². The van der Waals surface area contributed by atoms with Gasteiger partial charge in [-0.05, 0) is 31.4 Å². The molecule has 1 saturated carbocycles. The molecule has 1 aromatic rings. The Morgan fingerprint density at radius 1 is 1.35 bits per heavy atom. The first kappa shape index (κ1) is 12.2. The Morgan fingerprint density at radius 2 is 2.00 bits per heavy atom. The van der Waals surface area contributed by atoms with Gasteiger partial charge in [0.2, 0.25) is 0 Å². The number of aliphatic hydroxyl groups is 1. The molecule has 0 aliphatic heterocycles. The lowest BCUT2D eigenvalue weighted by atomic mass is 10.1. The van der Waals surface area contributed by atoms with Gasteiger partial charge in [0.15, 0.2) is 14.6 Å². The molecule has 1 fully saturated rings. The van der Waals surface area contributed by atoms with E-state index in [0.29, 0.717) is 19.3 Å². The van der Waals surface area contributed by atoms with Crippen molar-refractivity contribution in [2.45, 2.75) is 35.0 Å². The highest BCUT2D eigenvalue weighted by Crippen LogP contribution is 2.40. The second-order valence-corrected chi connectivity index (χ2v) is 6.47. The molecule has 0 heterocycles. The van der Waals surface area contributed by atoms with Gasteiger partial charge >= 0.3 is 0 Å². The number of benzene rings is 1. The van der Waals surface area contributed by atoms with Gasteiger partial charge < -0.3 is 5.11 Å². The highest BCUT2D eigenvalue weighted by Gasteiger charge is 2.52. The molecule has 0 aromatic heterocycles. The van der Waals surface area contributed by atoms with Crippen LogP contribution in [-0.2, 0) is 9.84 Å². The van der Waals surface area contributed by atoms with Crippen molar-refractivity contribution >= 4 is 9.84 Å². The number of hydrogen-bond acceptors (Lipinski definition) is 3. The van der Waals surface area contributed by atoms with Crippen molar-refractivity contribution in [2.75, 3.05) is 0 Å². The van der Waals surface area contributed by atoms with Crippen LogP contribution in [0, 0.1) is 12.3 Å². The second-order valence-electron chi connectivity index (χ2n) is 4.26. The van der Waals surface area contributed by atoms with E-state index in [1.165, 1.54) is 12.1 Å². The zero-order chi connectivity index (χ0) is 12.5. The SMILES string of the molecule is C#C[C@]1(S(=O)(=O)c2ccccc2)CCC[C@@H]1O. The average Bonchev–Trinajstić information content (AvgIpc) is 2.73. The number of terminal acetylenes is 1. The fraction of sp³-hybridized carbons (Fsp3) is 0.385. The smallest absolute Gasteiger partial charge is 0.197 e. The maximum absolute atomic E-state index is 12.5. The summed E-state index contributed by atoms with van der Waals surface area (Å²) in [6.45, 7) is 0. The van der Waals surface area contributed by atoms with Gasteiger partial charge in [-0.1, -0.05) is 24.1 Å². The average molecular weight is 250 g/mol. The van der Waals surface area contributed by atoms with Crippen LogP contribution in [-0.4, -0.2) is 24.4 Å². The molecule has 0 bridgehead atoms. The molecule has 0 amide bonds. The van der Waals surface area contributed by atoms with Crippen LogP contribution in [0.4, 0.5) is 0 Å². The van der Waals surface area contributed by atoms with Crippen LogP contribution in [0.2, 0.25) is 0 Å². The molecule has 1 aliphatic carbocycles. The zero-order valence-corrected chi connectivity index (χ0v) is 10.2. The summed E-state index contributed by atoms with van der Waals surface area (Å²) >= 11 is 0. The Bertz CT molecular complexity index is 542. The summed E-state index contributed by atoms with van der Waals surface area (Å²) in [5.41, 5.74) is 0. The van der Waals surface area contributed by atoms with E-state index < -0.39 is 20.7 Å². The molecule has 2 rings (SSSR count). The minimum Gasteiger partial charge on any atom is -0.390 e. The Hall–Kier alpha value is -1.31. The van der Waals surface area contributed by atoms with E-state index in [4.69, 9.17) is 6.42 Å². The van der Waals surface area contributed by atoms with Crippen molar-refractivity contribution in [3.05, 3.63) is 30.3 Å². The van der Waals surface area contributed by atoms with Gasteiger partial charge in [0, 0.05) is 0 Å². The van der Waals surface area contributed by atoms with Crippen LogP contribution in [0.1, 0.15) is 19.3 Å². The quantitative estimate of drug-likeness (QED) is 0.807. The molecule has 2 atom stereocenters. The Labute approximate surface area is 101 Å². The molecule has 1 aromatic carbocycles. The lowest BCUT2D eigenvalue weighted by Crippen LogP contribution is -2.44. The van der Waals surface area contributed by atoms with Crippen LogP contribution in [0.5, 0.6) is 0 Å². The van der Waals surface area contributed by atoms with E-state index in [9.17, 15) is 13.5 Å². The highest BCUT2D eigenvalue weighted by molar-refractivity contribution is 7.93. The van der Waals surface area contributed by atoms with Crippen molar-refractivity contribution in [3.63, 3.8) is 0 Å². The minimum atomic E-state index is -3.69. The molecule has 0 unspecified atom stereocenters. The van der Waals surface area contributed by atoms with E-state index in [1.807, 2.05) is 0 Å². The maximum Gasteiger partial charge on any atom is 0.197 e. The van der Waals surface area contributed by atoms with Crippen LogP contribution >= 0.6 is 0 Å². The third-order valence-electron chi connectivity index (χ3n) is 3.34. The van der Waals surface area contributed by atoms with Crippen molar-refractivity contribution in [1.82, 2.24) is 0 Å². The molecule has 4 heteroatoms. The summed E-state index contributed by atoms with van der Waals surface area (Å²) in [6.07, 6.45) is 5.82. The summed E-state index contributed by atoms with van der Waals surface area (Å²) in [6, 6.07) is 8.07. The standard InChI is InChI=1S/C13H14O3S/c1-2-13(10-6-9-12(13)14)17(15,16)11-7-4-3-5-8-11/h1,3-5,7-8,12,14H,6,9-10H2/t12-,13-/m0/s1. The summed E-state index contributed by atoms with van der Waals surface area (Å²) in [7, 11) is -3.69. The number of rotatable bonds is 2. The van der Waals surface area contributed by atoms with Crippen molar-refractivity contribution in [3.8, 4) is 12.3 Å². The number of hydrogen-bond donors (Lipinski definition) is 1. The third-order valence-corrected chi connectivity index (χ3v) is 5.79. The molecule has 1 aliphatic rings.